The van der Waals surface area contributed by atoms with Crippen LogP contribution < -0.4 is 10.1 Å². The Morgan fingerprint density at radius 3 is 2.97 bits per heavy atom. The molecule has 0 radical (unpaired) electrons. The molecule has 11 heteroatoms. The van der Waals surface area contributed by atoms with E-state index in [9.17, 15) is 18.0 Å². The maximum Gasteiger partial charge on any atom is 0.406 e. The lowest BCUT2D eigenvalue weighted by atomic mass is 10.2. The van der Waals surface area contributed by atoms with Crippen LogP contribution in [0, 0.1) is 6.92 Å². The number of carbonyl (C=O) groups excluding carboxylic acids is 1. The summed E-state index contributed by atoms with van der Waals surface area (Å²) in [5.74, 6) is 0.367. The van der Waals surface area contributed by atoms with Gasteiger partial charge in [-0.2, -0.15) is 18.2 Å². The third-order valence-electron chi connectivity index (χ3n) is 5.19. The maximum absolute atomic E-state index is 13.1. The quantitative estimate of drug-likeness (QED) is 0.514. The first-order valence-corrected chi connectivity index (χ1v) is 10.9. The van der Waals surface area contributed by atoms with Gasteiger partial charge in [-0.25, -0.2) is 4.98 Å². The van der Waals surface area contributed by atoms with Crippen molar-refractivity contribution >= 4 is 39.1 Å². The number of nitrogens with zero attached hydrogens (tertiary/aromatic N) is 4. The van der Waals surface area contributed by atoms with Crippen LogP contribution >= 0.6 is 11.3 Å². The topological polar surface area (TPSA) is 72.3 Å². The van der Waals surface area contributed by atoms with Crippen LogP contribution in [0.2, 0.25) is 0 Å². The minimum atomic E-state index is -4.37. The summed E-state index contributed by atoms with van der Waals surface area (Å²) in [5, 5.41) is 4.09. The van der Waals surface area contributed by atoms with Crippen LogP contribution in [0.4, 0.5) is 24.1 Å². The monoisotopic (exact) mass is 465 g/mol. The normalized spacial score (nSPS) is 16.5. The predicted octanol–water partition coefficient (Wildman–Crippen LogP) is 4.66. The Kier molecular flexibility index (Phi) is 6.09. The van der Waals surface area contributed by atoms with Gasteiger partial charge in [0.1, 0.15) is 19.0 Å². The van der Waals surface area contributed by atoms with Crippen molar-refractivity contribution in [3.8, 4) is 5.88 Å². The van der Waals surface area contributed by atoms with Crippen LogP contribution in [0.3, 0.4) is 0 Å². The third kappa shape index (κ3) is 4.87. The fourth-order valence-corrected chi connectivity index (χ4v) is 4.45. The van der Waals surface area contributed by atoms with Gasteiger partial charge in [0.15, 0.2) is 5.13 Å². The number of alkyl halides is 3. The second-order valence-corrected chi connectivity index (χ2v) is 8.78. The Morgan fingerprint density at radius 2 is 2.28 bits per heavy atom. The van der Waals surface area contributed by atoms with Crippen LogP contribution in [-0.2, 0) is 11.3 Å². The van der Waals surface area contributed by atoms with Crippen LogP contribution in [0.5, 0.6) is 5.88 Å². The number of carbonyl (C=O) groups is 1. The molecule has 1 aliphatic heterocycles. The Labute approximate surface area is 186 Å². The summed E-state index contributed by atoms with van der Waals surface area (Å²) in [4.78, 5) is 23.4. The van der Waals surface area contributed by atoms with E-state index in [1.54, 1.807) is 23.2 Å². The molecule has 3 aromatic rings. The summed E-state index contributed by atoms with van der Waals surface area (Å²) in [7, 11) is 0. The van der Waals surface area contributed by atoms with E-state index in [1.807, 2.05) is 6.92 Å². The zero-order chi connectivity index (χ0) is 22.9. The fraction of sp³-hybridized carbons (Fsp3) is 0.381. The van der Waals surface area contributed by atoms with Gasteiger partial charge >= 0.3 is 6.18 Å². The summed E-state index contributed by atoms with van der Waals surface area (Å²) >= 11 is 1.41. The summed E-state index contributed by atoms with van der Waals surface area (Å²) < 4.78 is 46.3. The zero-order valence-electron chi connectivity index (χ0n) is 17.4. The summed E-state index contributed by atoms with van der Waals surface area (Å²) in [5.41, 5.74) is 0.341. The third-order valence-corrected chi connectivity index (χ3v) is 6.01. The molecule has 1 aliphatic rings. The largest absolute Gasteiger partial charge is 0.475 e. The van der Waals surface area contributed by atoms with Gasteiger partial charge in [-0.1, -0.05) is 6.58 Å². The fourth-order valence-electron chi connectivity index (χ4n) is 3.78. The summed E-state index contributed by atoms with van der Waals surface area (Å²) in [6, 6.07) is 2.96. The van der Waals surface area contributed by atoms with E-state index in [0.29, 0.717) is 28.4 Å². The van der Waals surface area contributed by atoms with Crippen molar-refractivity contribution in [3.63, 3.8) is 0 Å². The van der Waals surface area contributed by atoms with Gasteiger partial charge in [-0.05, 0) is 31.9 Å². The Bertz CT molecular complexity index is 1140. The molecule has 1 atom stereocenters. The van der Waals surface area contributed by atoms with Crippen molar-refractivity contribution in [1.82, 2.24) is 19.4 Å². The molecule has 4 rings (SSSR count). The second-order valence-electron chi connectivity index (χ2n) is 7.55. The van der Waals surface area contributed by atoms with E-state index in [-0.39, 0.29) is 24.4 Å². The Hall–Kier alpha value is -3.08. The van der Waals surface area contributed by atoms with Crippen molar-refractivity contribution in [2.24, 2.45) is 0 Å². The number of hydrogen-bond donors (Lipinski definition) is 1. The van der Waals surface area contributed by atoms with Gasteiger partial charge in [0.05, 0.1) is 16.9 Å². The molecule has 1 N–H and O–H groups in total. The van der Waals surface area contributed by atoms with Crippen LogP contribution in [-0.4, -0.2) is 50.7 Å². The minimum absolute atomic E-state index is 0.146. The van der Waals surface area contributed by atoms with Crippen molar-refractivity contribution in [2.45, 2.75) is 38.5 Å². The molecule has 1 unspecified atom stereocenters. The van der Waals surface area contributed by atoms with E-state index < -0.39 is 12.7 Å². The maximum atomic E-state index is 13.1. The number of hydrogen-bond acceptors (Lipinski definition) is 6. The number of rotatable bonds is 7. The van der Waals surface area contributed by atoms with Gasteiger partial charge in [0, 0.05) is 29.9 Å². The van der Waals surface area contributed by atoms with Crippen LogP contribution in [0.15, 0.2) is 37.2 Å². The first kappa shape index (κ1) is 22.1. The molecule has 0 bridgehead atoms. The number of thiazole rings is 1. The Morgan fingerprint density at radius 1 is 1.47 bits per heavy atom. The number of ether oxygens (including phenoxy) is 1. The number of fused-ring (bicyclic) bond motifs is 1. The molecule has 0 aliphatic carbocycles. The lowest BCUT2D eigenvalue weighted by Gasteiger charge is -2.23. The van der Waals surface area contributed by atoms with Gasteiger partial charge in [-0.15, -0.1) is 11.3 Å². The van der Waals surface area contributed by atoms with Gasteiger partial charge in [-0.3, -0.25) is 4.79 Å². The molecule has 3 aromatic heterocycles. The molecular formula is C21H22F3N5O2S. The highest BCUT2D eigenvalue weighted by atomic mass is 32.1. The number of aromatic nitrogens is 3. The second kappa shape index (κ2) is 8.81. The summed E-state index contributed by atoms with van der Waals surface area (Å²) in [6.45, 7) is 5.12. The van der Waals surface area contributed by atoms with Crippen molar-refractivity contribution in [1.29, 1.82) is 0 Å². The highest BCUT2D eigenvalue weighted by Gasteiger charge is 2.30. The van der Waals surface area contributed by atoms with Crippen LogP contribution in [0.1, 0.15) is 17.7 Å². The van der Waals surface area contributed by atoms with E-state index in [1.165, 1.54) is 23.6 Å². The molecule has 0 saturated carbocycles. The zero-order valence-corrected chi connectivity index (χ0v) is 18.2. The van der Waals surface area contributed by atoms with E-state index in [0.717, 1.165) is 22.3 Å². The number of nitrogens with one attached hydrogen (secondary N) is 1. The average Bonchev–Trinajstić information content (AvgIpc) is 3.45. The number of pyridine rings is 1. The van der Waals surface area contributed by atoms with E-state index in [4.69, 9.17) is 4.74 Å². The molecular weight excluding hydrogens is 443 g/mol. The van der Waals surface area contributed by atoms with Gasteiger partial charge in [0.25, 0.3) is 0 Å². The smallest absolute Gasteiger partial charge is 0.406 e. The lowest BCUT2D eigenvalue weighted by Crippen LogP contribution is -2.38. The number of anilines is 2. The van der Waals surface area contributed by atoms with Crippen molar-refractivity contribution < 1.29 is 22.7 Å². The van der Waals surface area contributed by atoms with E-state index in [2.05, 4.69) is 21.9 Å². The lowest BCUT2D eigenvalue weighted by molar-refractivity contribution is -0.139. The number of amides is 1. The van der Waals surface area contributed by atoms with Crippen molar-refractivity contribution in [2.75, 3.05) is 18.5 Å². The molecule has 0 aromatic carbocycles. The molecule has 4 heterocycles. The Balaban J connectivity index is 1.65. The highest BCUT2D eigenvalue weighted by Crippen LogP contribution is 2.32. The number of aryl methyl sites for hydroxylation is 1. The summed E-state index contributed by atoms with van der Waals surface area (Å²) in [6.07, 6.45) is 1.59. The molecule has 1 amide bonds. The molecule has 32 heavy (non-hydrogen) atoms. The van der Waals surface area contributed by atoms with E-state index >= 15 is 0 Å². The first-order chi connectivity index (χ1) is 15.2. The predicted molar refractivity (Wildman–Crippen MR) is 116 cm³/mol. The average molecular weight is 466 g/mol. The molecule has 7 nitrogen and oxygen atoms in total. The number of likely N-dealkylation sites (tertiary alicyclic amines) is 1. The molecule has 1 saturated heterocycles. The highest BCUT2D eigenvalue weighted by molar-refractivity contribution is 7.15. The van der Waals surface area contributed by atoms with Crippen molar-refractivity contribution in [3.05, 3.63) is 42.1 Å². The van der Waals surface area contributed by atoms with Gasteiger partial charge < -0.3 is 19.5 Å². The molecule has 170 valence electrons. The first-order valence-electron chi connectivity index (χ1n) is 10.1. The number of halogens is 3. The van der Waals surface area contributed by atoms with Crippen LogP contribution in [0.25, 0.3) is 10.9 Å². The molecule has 0 spiro atoms. The minimum Gasteiger partial charge on any atom is -0.475 e. The standard InChI is InChI=1S/C21H22F3N5O2S/c1-3-18(30)29-7-4-5-14(29)11-31-19-15-6-8-28(12-21(22,23)24)16(15)9-17(26-19)27-20-25-10-13(2)32-20/h3,6,8-10,14H,1,4-5,7,11-12H2,2H3,(H,25,26,27). The SMILES string of the molecule is C=CC(=O)N1CCCC1COc1nc(Nc2ncc(C)s2)cc2c1ccn2CC(F)(F)F. The molecule has 1 fully saturated rings. The van der Waals surface area contributed by atoms with Gasteiger partial charge in [0.2, 0.25) is 11.8 Å².